The van der Waals surface area contributed by atoms with Gasteiger partial charge < -0.3 is 21.5 Å². The highest BCUT2D eigenvalue weighted by Crippen LogP contribution is 2.30. The number of nitrogens with zero attached hydrogens (tertiary/aromatic N) is 2. The van der Waals surface area contributed by atoms with Crippen LogP contribution in [0.3, 0.4) is 0 Å². The number of aliphatic hydroxyl groups excluding tert-OH is 1. The van der Waals surface area contributed by atoms with Crippen molar-refractivity contribution < 1.29 is 9.90 Å². The molecule has 1 fully saturated rings. The highest BCUT2D eigenvalue weighted by molar-refractivity contribution is 6.00. The number of nitrogen functional groups attached to an aromatic ring is 2. The number of β-amino-alcohol motifs (C(OH)–C–C–N with tert-alkyl or cyclic N) is 1. The second kappa shape index (κ2) is 3.39. The Bertz CT molecular complexity index is 407. The Morgan fingerprint density at radius 2 is 2.20 bits per heavy atom. The van der Waals surface area contributed by atoms with E-state index in [4.69, 9.17) is 11.5 Å². The minimum Gasteiger partial charge on any atom is -0.396 e. The lowest BCUT2D eigenvalue weighted by Crippen LogP contribution is -2.26. The Balaban J connectivity index is 2.38. The van der Waals surface area contributed by atoms with E-state index in [-0.39, 0.29) is 18.9 Å². The quantitative estimate of drug-likeness (QED) is 0.568. The number of aliphatic hydroxyl groups is 1. The maximum absolute atomic E-state index is 11.5. The van der Waals surface area contributed by atoms with E-state index >= 15 is 0 Å². The molecule has 1 aromatic rings. The lowest BCUT2D eigenvalue weighted by molar-refractivity contribution is -0.117. The van der Waals surface area contributed by atoms with Crippen molar-refractivity contribution in [2.75, 3.05) is 22.9 Å². The molecule has 2 rings (SSSR count). The van der Waals surface area contributed by atoms with Crippen molar-refractivity contribution in [2.24, 2.45) is 0 Å². The molecule has 6 nitrogen and oxygen atoms in total. The van der Waals surface area contributed by atoms with Crippen LogP contribution in [0.15, 0.2) is 12.4 Å². The van der Waals surface area contributed by atoms with Gasteiger partial charge in [0.25, 0.3) is 0 Å². The molecule has 1 amide bonds. The van der Waals surface area contributed by atoms with Crippen molar-refractivity contribution >= 4 is 23.0 Å². The minimum atomic E-state index is -0.640. The molecule has 1 aliphatic rings. The Kier molecular flexibility index (Phi) is 2.20. The van der Waals surface area contributed by atoms with Crippen molar-refractivity contribution in [3.05, 3.63) is 12.4 Å². The van der Waals surface area contributed by atoms with Crippen LogP contribution in [0.25, 0.3) is 0 Å². The summed E-state index contributed by atoms with van der Waals surface area (Å²) < 4.78 is 0. The van der Waals surface area contributed by atoms with Gasteiger partial charge in [-0.15, -0.1) is 0 Å². The van der Waals surface area contributed by atoms with Crippen LogP contribution in [0.4, 0.5) is 17.1 Å². The number of carbonyl (C=O) groups is 1. The average Bonchev–Trinajstić information content (AvgIpc) is 2.50. The topological polar surface area (TPSA) is 105 Å². The van der Waals surface area contributed by atoms with Gasteiger partial charge in [0, 0.05) is 0 Å². The van der Waals surface area contributed by atoms with E-state index < -0.39 is 6.10 Å². The van der Waals surface area contributed by atoms with Gasteiger partial charge in [0.2, 0.25) is 5.91 Å². The first kappa shape index (κ1) is 9.72. The van der Waals surface area contributed by atoms with Crippen LogP contribution in [-0.2, 0) is 4.79 Å². The molecule has 2 heterocycles. The van der Waals surface area contributed by atoms with Gasteiger partial charge in [-0.05, 0) is 0 Å². The summed E-state index contributed by atoms with van der Waals surface area (Å²) in [5.41, 5.74) is 12.4. The molecule has 0 radical (unpaired) electrons. The van der Waals surface area contributed by atoms with Crippen LogP contribution in [-0.4, -0.2) is 28.6 Å². The summed E-state index contributed by atoms with van der Waals surface area (Å²) in [5, 5.41) is 9.34. The van der Waals surface area contributed by atoms with Gasteiger partial charge in [0.05, 0.1) is 48.5 Å². The number of carbonyl (C=O) groups excluding carboxylic acids is 1. The van der Waals surface area contributed by atoms with Crippen LogP contribution in [0.1, 0.15) is 6.42 Å². The second-order valence-corrected chi connectivity index (χ2v) is 3.52. The van der Waals surface area contributed by atoms with E-state index in [1.807, 2.05) is 0 Å². The van der Waals surface area contributed by atoms with Gasteiger partial charge in [0.1, 0.15) is 0 Å². The zero-order chi connectivity index (χ0) is 11.0. The summed E-state index contributed by atoms with van der Waals surface area (Å²) in [5.74, 6) is -0.165. The van der Waals surface area contributed by atoms with E-state index in [2.05, 4.69) is 4.98 Å². The van der Waals surface area contributed by atoms with Gasteiger partial charge in [-0.25, -0.2) is 0 Å². The van der Waals surface area contributed by atoms with Gasteiger partial charge in [-0.1, -0.05) is 0 Å². The maximum atomic E-state index is 11.5. The largest absolute Gasteiger partial charge is 0.396 e. The fraction of sp³-hybridized carbons (Fsp3) is 0.333. The summed E-state index contributed by atoms with van der Waals surface area (Å²) in [6.07, 6.45) is 2.38. The van der Waals surface area contributed by atoms with Crippen molar-refractivity contribution in [1.82, 2.24) is 4.98 Å². The molecule has 0 bridgehead atoms. The zero-order valence-corrected chi connectivity index (χ0v) is 8.05. The smallest absolute Gasteiger partial charge is 0.229 e. The molecule has 1 aromatic heterocycles. The summed E-state index contributed by atoms with van der Waals surface area (Å²) in [4.78, 5) is 16.8. The fourth-order valence-electron chi connectivity index (χ4n) is 1.61. The first-order valence-corrected chi connectivity index (χ1v) is 4.57. The van der Waals surface area contributed by atoms with Crippen LogP contribution in [0, 0.1) is 0 Å². The summed E-state index contributed by atoms with van der Waals surface area (Å²) >= 11 is 0. The van der Waals surface area contributed by atoms with E-state index in [1.165, 1.54) is 17.3 Å². The molecule has 0 saturated carbocycles. The maximum Gasteiger partial charge on any atom is 0.229 e. The molecule has 0 aliphatic carbocycles. The Hall–Kier alpha value is -1.82. The van der Waals surface area contributed by atoms with Crippen molar-refractivity contribution in [1.29, 1.82) is 0 Å². The van der Waals surface area contributed by atoms with E-state index in [1.54, 1.807) is 0 Å². The van der Waals surface area contributed by atoms with Gasteiger partial charge in [-0.3, -0.25) is 9.78 Å². The monoisotopic (exact) mass is 208 g/mol. The van der Waals surface area contributed by atoms with Crippen molar-refractivity contribution in [2.45, 2.75) is 12.5 Å². The summed E-state index contributed by atoms with van der Waals surface area (Å²) in [6, 6.07) is 0. The molecule has 1 saturated heterocycles. The molecule has 1 aliphatic heterocycles. The first-order chi connectivity index (χ1) is 7.09. The third kappa shape index (κ3) is 1.59. The third-order valence-electron chi connectivity index (χ3n) is 2.39. The number of pyridine rings is 1. The van der Waals surface area contributed by atoms with E-state index in [0.29, 0.717) is 17.1 Å². The lowest BCUT2D eigenvalue weighted by Gasteiger charge is -2.18. The normalized spacial score (nSPS) is 21.0. The highest BCUT2D eigenvalue weighted by Gasteiger charge is 2.30. The molecule has 0 spiro atoms. The first-order valence-electron chi connectivity index (χ1n) is 4.57. The predicted octanol–water partition coefficient (Wildman–Crippen LogP) is -0.656. The third-order valence-corrected chi connectivity index (χ3v) is 2.39. The van der Waals surface area contributed by atoms with Crippen LogP contribution in [0.5, 0.6) is 0 Å². The molecule has 80 valence electrons. The minimum absolute atomic E-state index is 0.119. The lowest BCUT2D eigenvalue weighted by atomic mass is 10.3. The number of hydrogen-bond acceptors (Lipinski definition) is 5. The summed E-state index contributed by atoms with van der Waals surface area (Å²) in [7, 11) is 0. The fourth-order valence-corrected chi connectivity index (χ4v) is 1.61. The van der Waals surface area contributed by atoms with Crippen molar-refractivity contribution in [3.63, 3.8) is 0 Å². The van der Waals surface area contributed by atoms with E-state index in [9.17, 15) is 9.90 Å². The molecule has 1 unspecified atom stereocenters. The predicted molar refractivity (Wildman–Crippen MR) is 56.0 cm³/mol. The number of nitrogens with two attached hydrogens (primary N) is 2. The average molecular weight is 208 g/mol. The van der Waals surface area contributed by atoms with Gasteiger partial charge in [0.15, 0.2) is 0 Å². The Morgan fingerprint density at radius 3 is 2.80 bits per heavy atom. The van der Waals surface area contributed by atoms with Gasteiger partial charge >= 0.3 is 0 Å². The van der Waals surface area contributed by atoms with Crippen LogP contribution < -0.4 is 16.4 Å². The molecule has 5 N–H and O–H groups in total. The molecular formula is C9H12N4O2. The van der Waals surface area contributed by atoms with Crippen LogP contribution in [0.2, 0.25) is 0 Å². The zero-order valence-electron chi connectivity index (χ0n) is 8.05. The van der Waals surface area contributed by atoms with Crippen LogP contribution >= 0.6 is 0 Å². The standard InChI is InChI=1S/C9H12N4O2/c10-6-2-12-3-7(9(6)11)13-4-5(14)1-8(13)15/h2-3,5,14H,1,4,10H2,(H2,11,12). The molecular weight excluding hydrogens is 196 g/mol. The Labute approximate surface area is 86.5 Å². The molecule has 15 heavy (non-hydrogen) atoms. The summed E-state index contributed by atoms with van der Waals surface area (Å²) in [6.45, 7) is 0.244. The molecule has 1 atom stereocenters. The Morgan fingerprint density at radius 1 is 1.47 bits per heavy atom. The SMILES string of the molecule is Nc1cncc(N2CC(O)CC2=O)c1N. The number of rotatable bonds is 1. The van der Waals surface area contributed by atoms with Gasteiger partial charge in [-0.2, -0.15) is 0 Å². The highest BCUT2D eigenvalue weighted by atomic mass is 16.3. The number of anilines is 3. The van der Waals surface area contributed by atoms with E-state index in [0.717, 1.165) is 0 Å². The molecule has 0 aromatic carbocycles. The number of aromatic nitrogens is 1. The van der Waals surface area contributed by atoms with Crippen molar-refractivity contribution in [3.8, 4) is 0 Å². The second-order valence-electron chi connectivity index (χ2n) is 3.52. The molecule has 6 heteroatoms. The number of amides is 1. The number of hydrogen-bond donors (Lipinski definition) is 3.